The molecular formula is C17H28N2O2. The van der Waals surface area contributed by atoms with E-state index < -0.39 is 5.60 Å². The van der Waals surface area contributed by atoms with E-state index in [1.165, 1.54) is 5.57 Å². The molecule has 0 saturated carbocycles. The molecule has 0 atom stereocenters. The zero-order chi connectivity index (χ0) is 15.9. The van der Waals surface area contributed by atoms with Crippen LogP contribution in [0.1, 0.15) is 27.7 Å². The van der Waals surface area contributed by atoms with E-state index in [1.54, 1.807) is 4.90 Å². The molecule has 4 heteroatoms. The Kier molecular flexibility index (Phi) is 6.69. The molecular weight excluding hydrogens is 264 g/mol. The summed E-state index contributed by atoms with van der Waals surface area (Å²) >= 11 is 0. The lowest BCUT2D eigenvalue weighted by molar-refractivity contribution is 0.0153. The van der Waals surface area contributed by atoms with Crippen LogP contribution < -0.4 is 0 Å². The molecule has 0 radical (unpaired) electrons. The highest BCUT2D eigenvalue weighted by Crippen LogP contribution is 2.12. The Balaban J connectivity index is 2.45. The first-order valence-electron chi connectivity index (χ1n) is 7.50. The average Bonchev–Trinajstić information content (AvgIpc) is 2.42. The number of allylic oxidation sites excluding steroid dienone is 3. The Hall–Kier alpha value is -1.55. The van der Waals surface area contributed by atoms with Gasteiger partial charge >= 0.3 is 6.09 Å². The van der Waals surface area contributed by atoms with Crippen molar-refractivity contribution >= 4 is 6.09 Å². The Bertz CT molecular complexity index is 411. The second-order valence-corrected chi connectivity index (χ2v) is 6.22. The fraction of sp³-hybridized carbons (Fsp3) is 0.588. The predicted molar refractivity (Wildman–Crippen MR) is 87.3 cm³/mol. The molecule has 0 aromatic rings. The van der Waals surface area contributed by atoms with Crippen molar-refractivity contribution in [2.75, 3.05) is 32.7 Å². The van der Waals surface area contributed by atoms with E-state index in [9.17, 15) is 4.79 Å². The lowest BCUT2D eigenvalue weighted by Crippen LogP contribution is -2.50. The zero-order valence-electron chi connectivity index (χ0n) is 13.8. The van der Waals surface area contributed by atoms with Gasteiger partial charge in [-0.25, -0.2) is 4.79 Å². The smallest absolute Gasteiger partial charge is 0.410 e. The average molecular weight is 292 g/mol. The summed E-state index contributed by atoms with van der Waals surface area (Å²) in [6.07, 6.45) is 7.78. The zero-order valence-corrected chi connectivity index (χ0v) is 13.8. The molecule has 1 rings (SSSR count). The monoisotopic (exact) mass is 292 g/mol. The Morgan fingerprint density at radius 1 is 1.24 bits per heavy atom. The van der Waals surface area contributed by atoms with Crippen LogP contribution in [-0.4, -0.2) is 54.2 Å². The second kappa shape index (κ2) is 8.03. The maximum absolute atomic E-state index is 12.0. The molecule has 0 aliphatic carbocycles. The van der Waals surface area contributed by atoms with Gasteiger partial charge in [0.25, 0.3) is 0 Å². The van der Waals surface area contributed by atoms with Crippen molar-refractivity contribution in [2.45, 2.75) is 33.3 Å². The first-order chi connectivity index (χ1) is 9.85. The predicted octanol–water partition coefficient (Wildman–Crippen LogP) is 3.23. The van der Waals surface area contributed by atoms with Crippen molar-refractivity contribution in [2.24, 2.45) is 0 Å². The molecule has 0 N–H and O–H groups in total. The van der Waals surface area contributed by atoms with Gasteiger partial charge < -0.3 is 9.64 Å². The molecule has 1 aliphatic heterocycles. The largest absolute Gasteiger partial charge is 0.444 e. The molecule has 1 heterocycles. The van der Waals surface area contributed by atoms with E-state index >= 15 is 0 Å². The van der Waals surface area contributed by atoms with Crippen molar-refractivity contribution in [3.8, 4) is 0 Å². The summed E-state index contributed by atoms with van der Waals surface area (Å²) in [6, 6.07) is 0. The number of hydrogen-bond donors (Lipinski definition) is 0. The SMILES string of the molecule is C=C/C(=C\C=C/C)CN1CCN(C(=O)OC(C)(C)C)CC1. The van der Waals surface area contributed by atoms with E-state index in [4.69, 9.17) is 4.74 Å². The fourth-order valence-corrected chi connectivity index (χ4v) is 2.08. The highest BCUT2D eigenvalue weighted by Gasteiger charge is 2.25. The first kappa shape index (κ1) is 17.5. The number of piperazine rings is 1. The number of hydrogen-bond acceptors (Lipinski definition) is 3. The highest BCUT2D eigenvalue weighted by molar-refractivity contribution is 5.68. The standard InChI is InChI=1S/C17H28N2O2/c1-6-8-9-15(7-2)14-18-10-12-19(13-11-18)16(20)21-17(3,4)5/h6-9H,2,10-14H2,1,3-5H3/b8-6-,15-9+. The van der Waals surface area contributed by atoms with Gasteiger partial charge in [-0.15, -0.1) is 0 Å². The molecule has 1 fully saturated rings. The minimum Gasteiger partial charge on any atom is -0.444 e. The van der Waals surface area contributed by atoms with E-state index in [-0.39, 0.29) is 6.09 Å². The van der Waals surface area contributed by atoms with Crippen molar-refractivity contribution in [1.82, 2.24) is 9.80 Å². The van der Waals surface area contributed by atoms with Gasteiger partial charge in [-0.1, -0.05) is 30.9 Å². The number of carbonyl (C=O) groups excluding carboxylic acids is 1. The topological polar surface area (TPSA) is 32.8 Å². The normalized spacial score (nSPS) is 18.1. The van der Waals surface area contributed by atoms with Gasteiger partial charge in [0.05, 0.1) is 0 Å². The van der Waals surface area contributed by atoms with Crippen molar-refractivity contribution in [3.63, 3.8) is 0 Å². The van der Waals surface area contributed by atoms with E-state index in [0.29, 0.717) is 13.1 Å². The van der Waals surface area contributed by atoms with Crippen LogP contribution in [0.3, 0.4) is 0 Å². The summed E-state index contributed by atoms with van der Waals surface area (Å²) in [5, 5.41) is 0. The molecule has 1 aliphatic rings. The summed E-state index contributed by atoms with van der Waals surface area (Å²) in [6.45, 7) is 15.5. The van der Waals surface area contributed by atoms with E-state index in [1.807, 2.05) is 45.9 Å². The molecule has 21 heavy (non-hydrogen) atoms. The lowest BCUT2D eigenvalue weighted by atomic mass is 10.2. The number of rotatable bonds is 4. The van der Waals surface area contributed by atoms with Crippen LogP contribution in [0.4, 0.5) is 4.79 Å². The molecule has 118 valence electrons. The Morgan fingerprint density at radius 2 is 1.86 bits per heavy atom. The molecule has 0 aromatic heterocycles. The summed E-state index contributed by atoms with van der Waals surface area (Å²) < 4.78 is 5.40. The summed E-state index contributed by atoms with van der Waals surface area (Å²) in [5.74, 6) is 0. The molecule has 4 nitrogen and oxygen atoms in total. The van der Waals surface area contributed by atoms with Gasteiger partial charge in [0.2, 0.25) is 0 Å². The molecule has 0 spiro atoms. The van der Waals surface area contributed by atoms with Gasteiger partial charge in [-0.2, -0.15) is 0 Å². The van der Waals surface area contributed by atoms with Crippen molar-refractivity contribution in [1.29, 1.82) is 0 Å². The summed E-state index contributed by atoms with van der Waals surface area (Å²) in [4.78, 5) is 16.1. The van der Waals surface area contributed by atoms with Gasteiger partial charge in [0.15, 0.2) is 0 Å². The van der Waals surface area contributed by atoms with Crippen molar-refractivity contribution in [3.05, 3.63) is 36.5 Å². The molecule has 0 aromatic carbocycles. The number of amides is 1. The van der Waals surface area contributed by atoms with E-state index in [2.05, 4.69) is 17.6 Å². The first-order valence-corrected chi connectivity index (χ1v) is 7.50. The van der Waals surface area contributed by atoms with Crippen LogP contribution in [0.2, 0.25) is 0 Å². The second-order valence-electron chi connectivity index (χ2n) is 6.22. The van der Waals surface area contributed by atoms with Gasteiger partial charge in [0, 0.05) is 32.7 Å². The number of carbonyl (C=O) groups is 1. The molecule has 0 unspecified atom stereocenters. The number of ether oxygens (including phenoxy) is 1. The fourth-order valence-electron chi connectivity index (χ4n) is 2.08. The third-order valence-electron chi connectivity index (χ3n) is 3.20. The minimum absolute atomic E-state index is 0.212. The van der Waals surface area contributed by atoms with Crippen LogP contribution in [-0.2, 0) is 4.74 Å². The third-order valence-corrected chi connectivity index (χ3v) is 3.20. The van der Waals surface area contributed by atoms with Crippen LogP contribution in [0.25, 0.3) is 0 Å². The van der Waals surface area contributed by atoms with Crippen molar-refractivity contribution < 1.29 is 9.53 Å². The van der Waals surface area contributed by atoms with Gasteiger partial charge in [-0.3, -0.25) is 4.90 Å². The third kappa shape index (κ3) is 6.63. The number of nitrogens with zero attached hydrogens (tertiary/aromatic N) is 2. The van der Waals surface area contributed by atoms with Crippen LogP contribution in [0.15, 0.2) is 36.5 Å². The molecule has 0 bridgehead atoms. The quantitative estimate of drug-likeness (QED) is 0.746. The van der Waals surface area contributed by atoms with Gasteiger partial charge in [-0.05, 0) is 33.3 Å². The lowest BCUT2D eigenvalue weighted by Gasteiger charge is -2.35. The molecule has 1 saturated heterocycles. The molecule has 1 amide bonds. The van der Waals surface area contributed by atoms with Crippen LogP contribution in [0.5, 0.6) is 0 Å². The minimum atomic E-state index is -0.431. The summed E-state index contributed by atoms with van der Waals surface area (Å²) in [7, 11) is 0. The summed E-state index contributed by atoms with van der Waals surface area (Å²) in [5.41, 5.74) is 0.762. The highest BCUT2D eigenvalue weighted by atomic mass is 16.6. The maximum Gasteiger partial charge on any atom is 0.410 e. The van der Waals surface area contributed by atoms with Crippen LogP contribution >= 0.6 is 0 Å². The Morgan fingerprint density at radius 3 is 2.33 bits per heavy atom. The van der Waals surface area contributed by atoms with E-state index in [0.717, 1.165) is 19.6 Å². The Labute approximate surface area is 128 Å². The maximum atomic E-state index is 12.0. The van der Waals surface area contributed by atoms with Gasteiger partial charge in [0.1, 0.15) is 5.60 Å². The van der Waals surface area contributed by atoms with Crippen LogP contribution in [0, 0.1) is 0 Å².